The molecule has 0 aliphatic heterocycles. The predicted octanol–water partition coefficient (Wildman–Crippen LogP) is 5.25. The van der Waals surface area contributed by atoms with Crippen molar-refractivity contribution in [2.45, 2.75) is 6.92 Å². The van der Waals surface area contributed by atoms with Gasteiger partial charge in [0.05, 0.1) is 6.33 Å². The van der Waals surface area contributed by atoms with Crippen LogP contribution in [0.5, 0.6) is 0 Å². The lowest BCUT2D eigenvalue weighted by molar-refractivity contribution is 0.102. The highest BCUT2D eigenvalue weighted by Gasteiger charge is 2.18. The Hall–Kier alpha value is -5.45. The minimum Gasteiger partial charge on any atom is -0.339 e. The van der Waals surface area contributed by atoms with Crippen LogP contribution in [0.4, 0.5) is 21.6 Å². The highest BCUT2D eigenvalue weighted by atomic mass is 19.1. The Balaban J connectivity index is 1.28. The Labute approximate surface area is 215 Å². The van der Waals surface area contributed by atoms with E-state index in [1.807, 2.05) is 31.2 Å². The summed E-state index contributed by atoms with van der Waals surface area (Å²) in [5.41, 5.74) is 6.35. The Morgan fingerprint density at radius 2 is 1.84 bits per heavy atom. The van der Waals surface area contributed by atoms with Gasteiger partial charge in [-0.1, -0.05) is 18.2 Å². The summed E-state index contributed by atoms with van der Waals surface area (Å²) in [5, 5.41) is 13.1. The highest BCUT2D eigenvalue weighted by molar-refractivity contribution is 6.07. The van der Waals surface area contributed by atoms with Crippen molar-refractivity contribution in [3.05, 3.63) is 96.7 Å². The molecule has 0 spiro atoms. The summed E-state index contributed by atoms with van der Waals surface area (Å²) in [6.45, 7) is 1.95. The summed E-state index contributed by atoms with van der Waals surface area (Å²) in [6.07, 6.45) is 6.34. The largest absolute Gasteiger partial charge is 0.339 e. The van der Waals surface area contributed by atoms with Crippen LogP contribution in [0.15, 0.2) is 79.6 Å². The van der Waals surface area contributed by atoms with E-state index in [2.05, 4.69) is 45.8 Å². The van der Waals surface area contributed by atoms with E-state index in [0.29, 0.717) is 39.5 Å². The lowest BCUT2D eigenvalue weighted by Gasteiger charge is -2.14. The van der Waals surface area contributed by atoms with Crippen LogP contribution in [-0.2, 0) is 0 Å². The molecule has 6 aromatic rings. The third kappa shape index (κ3) is 4.32. The highest BCUT2D eigenvalue weighted by Crippen LogP contribution is 2.32. The normalized spacial score (nSPS) is 11.0. The number of aryl methyl sites for hydroxylation is 1. The molecule has 4 heterocycles. The van der Waals surface area contributed by atoms with Crippen LogP contribution in [0.3, 0.4) is 0 Å². The molecule has 4 aromatic heterocycles. The number of fused-ring (bicyclic) bond motifs is 1. The van der Waals surface area contributed by atoms with Crippen molar-refractivity contribution in [2.75, 3.05) is 10.6 Å². The third-order valence-electron chi connectivity index (χ3n) is 6.04. The SMILES string of the molecule is Cc1ccc(NC(=O)c2n[nH]cc2-c2ccc(F)cc2)cc1Nc1ncccc1-c1ncnc2[nH]cnc12. The van der Waals surface area contributed by atoms with Crippen molar-refractivity contribution in [3.63, 3.8) is 0 Å². The summed E-state index contributed by atoms with van der Waals surface area (Å²) >= 11 is 0. The minimum absolute atomic E-state index is 0.200. The Morgan fingerprint density at radius 1 is 0.974 bits per heavy atom. The number of nitrogens with one attached hydrogen (secondary N) is 4. The van der Waals surface area contributed by atoms with Gasteiger partial charge in [-0.2, -0.15) is 5.10 Å². The number of nitrogens with zero attached hydrogens (tertiary/aromatic N) is 5. The van der Waals surface area contributed by atoms with E-state index in [4.69, 9.17) is 0 Å². The van der Waals surface area contributed by atoms with Gasteiger partial charge in [-0.05, 0) is 54.4 Å². The molecule has 1 amide bonds. The molecule has 11 heteroatoms. The lowest BCUT2D eigenvalue weighted by Crippen LogP contribution is -2.14. The second-order valence-electron chi connectivity index (χ2n) is 8.48. The Morgan fingerprint density at radius 3 is 2.71 bits per heavy atom. The quantitative estimate of drug-likeness (QED) is 0.243. The minimum atomic E-state index is -0.402. The first-order valence-electron chi connectivity index (χ1n) is 11.6. The van der Waals surface area contributed by atoms with Gasteiger partial charge in [0.1, 0.15) is 29.2 Å². The molecule has 186 valence electrons. The summed E-state index contributed by atoms with van der Waals surface area (Å²) in [4.78, 5) is 33.6. The van der Waals surface area contributed by atoms with Gasteiger partial charge in [0.2, 0.25) is 0 Å². The average molecular weight is 506 g/mol. The maximum Gasteiger partial charge on any atom is 0.276 e. The molecule has 38 heavy (non-hydrogen) atoms. The molecule has 0 fully saturated rings. The second-order valence-corrected chi connectivity index (χ2v) is 8.48. The molecule has 0 radical (unpaired) electrons. The van der Waals surface area contributed by atoms with Gasteiger partial charge in [0.25, 0.3) is 5.91 Å². The smallest absolute Gasteiger partial charge is 0.276 e. The molecular formula is C27H20FN9O. The Kier molecular flexibility index (Phi) is 5.77. The van der Waals surface area contributed by atoms with E-state index in [1.54, 1.807) is 36.9 Å². The fourth-order valence-electron chi connectivity index (χ4n) is 4.12. The summed E-state index contributed by atoms with van der Waals surface area (Å²) in [5.74, 6) is -0.179. The average Bonchev–Trinajstić information content (AvgIpc) is 3.61. The molecule has 0 saturated carbocycles. The van der Waals surface area contributed by atoms with E-state index in [1.165, 1.54) is 18.5 Å². The number of pyridine rings is 1. The standard InChI is InChI=1S/C27H20FN9O/c1-15-4-9-18(35-27(38)23-20(12-34-37-23)16-5-7-17(28)8-6-16)11-21(15)36-25-19(3-2-10-29-25)22-24-26(32-13-30-22)33-14-31-24/h2-14H,1H3,(H,29,36)(H,34,37)(H,35,38)(H,30,31,32,33). The van der Waals surface area contributed by atoms with Crippen LogP contribution >= 0.6 is 0 Å². The van der Waals surface area contributed by atoms with Crippen LogP contribution in [0, 0.1) is 12.7 Å². The topological polar surface area (TPSA) is 137 Å². The number of hydrogen-bond acceptors (Lipinski definition) is 7. The molecule has 4 N–H and O–H groups in total. The van der Waals surface area contributed by atoms with E-state index < -0.39 is 5.91 Å². The molecule has 0 aliphatic carbocycles. The second kappa shape index (κ2) is 9.54. The fraction of sp³-hybridized carbons (Fsp3) is 0.0370. The van der Waals surface area contributed by atoms with Gasteiger partial charge in [-0.3, -0.25) is 9.89 Å². The van der Waals surface area contributed by atoms with Gasteiger partial charge in [0, 0.05) is 34.9 Å². The number of rotatable bonds is 6. The maximum absolute atomic E-state index is 13.4. The first kappa shape index (κ1) is 23.0. The zero-order valence-corrected chi connectivity index (χ0v) is 20.0. The van der Waals surface area contributed by atoms with Crippen molar-refractivity contribution >= 4 is 34.3 Å². The summed E-state index contributed by atoms with van der Waals surface area (Å²) in [7, 11) is 0. The Bertz CT molecular complexity index is 1780. The van der Waals surface area contributed by atoms with Crippen molar-refractivity contribution < 1.29 is 9.18 Å². The number of benzene rings is 2. The van der Waals surface area contributed by atoms with Crippen molar-refractivity contribution in [3.8, 4) is 22.4 Å². The number of imidazole rings is 1. The van der Waals surface area contributed by atoms with Crippen LogP contribution in [-0.4, -0.2) is 41.0 Å². The number of aromatic amines is 2. The molecular weight excluding hydrogens is 485 g/mol. The van der Waals surface area contributed by atoms with Crippen molar-refractivity contribution in [1.82, 2.24) is 35.1 Å². The van der Waals surface area contributed by atoms with E-state index in [-0.39, 0.29) is 11.5 Å². The number of anilines is 3. The van der Waals surface area contributed by atoms with E-state index >= 15 is 0 Å². The van der Waals surface area contributed by atoms with Crippen LogP contribution in [0.2, 0.25) is 0 Å². The molecule has 0 bridgehead atoms. The third-order valence-corrected chi connectivity index (χ3v) is 6.04. The number of carbonyl (C=O) groups is 1. The van der Waals surface area contributed by atoms with Crippen molar-refractivity contribution in [1.29, 1.82) is 0 Å². The number of halogens is 1. The number of amides is 1. The monoisotopic (exact) mass is 505 g/mol. The van der Waals surface area contributed by atoms with Crippen molar-refractivity contribution in [2.24, 2.45) is 0 Å². The number of H-pyrrole nitrogens is 2. The molecule has 10 nitrogen and oxygen atoms in total. The lowest BCUT2D eigenvalue weighted by atomic mass is 10.1. The zero-order valence-electron chi connectivity index (χ0n) is 20.0. The van der Waals surface area contributed by atoms with Gasteiger partial charge in [-0.15, -0.1) is 0 Å². The first-order valence-corrected chi connectivity index (χ1v) is 11.6. The summed E-state index contributed by atoms with van der Waals surface area (Å²) in [6, 6.07) is 15.1. The van der Waals surface area contributed by atoms with Gasteiger partial charge in [0.15, 0.2) is 11.3 Å². The number of aromatic nitrogens is 7. The molecule has 0 unspecified atom stereocenters. The van der Waals surface area contributed by atoms with Gasteiger partial charge < -0.3 is 15.6 Å². The van der Waals surface area contributed by atoms with Crippen LogP contribution in [0.25, 0.3) is 33.5 Å². The van der Waals surface area contributed by atoms with E-state index in [9.17, 15) is 9.18 Å². The molecule has 6 rings (SSSR count). The number of carbonyl (C=O) groups excluding carboxylic acids is 1. The van der Waals surface area contributed by atoms with Crippen LogP contribution < -0.4 is 10.6 Å². The van der Waals surface area contributed by atoms with Crippen LogP contribution in [0.1, 0.15) is 16.1 Å². The fourth-order valence-corrected chi connectivity index (χ4v) is 4.12. The molecule has 2 aromatic carbocycles. The number of hydrogen-bond donors (Lipinski definition) is 4. The molecule has 0 aliphatic rings. The van der Waals surface area contributed by atoms with E-state index in [0.717, 1.165) is 16.8 Å². The molecule has 0 atom stereocenters. The first-order chi connectivity index (χ1) is 18.6. The summed E-state index contributed by atoms with van der Waals surface area (Å²) < 4.78 is 13.4. The van der Waals surface area contributed by atoms with Gasteiger partial charge in [-0.25, -0.2) is 24.3 Å². The maximum atomic E-state index is 13.4. The zero-order chi connectivity index (χ0) is 26.1. The van der Waals surface area contributed by atoms with Gasteiger partial charge >= 0.3 is 0 Å². The predicted molar refractivity (Wildman–Crippen MR) is 141 cm³/mol. The molecule has 0 saturated heterocycles.